The molecule has 0 aliphatic carbocycles. The molecule has 0 spiro atoms. The smallest absolute Gasteiger partial charge is 0.374 e. The lowest BCUT2D eigenvalue weighted by Gasteiger charge is -2.10. The summed E-state index contributed by atoms with van der Waals surface area (Å²) in [4.78, 5) is 32.2. The molecule has 27 heavy (non-hydrogen) atoms. The summed E-state index contributed by atoms with van der Waals surface area (Å²) in [6, 6.07) is 9.02. The zero-order valence-corrected chi connectivity index (χ0v) is 15.2. The number of nitrogens with one attached hydrogen (secondary N) is 1. The number of ether oxygens (including phenoxy) is 1. The third kappa shape index (κ3) is 2.99. The van der Waals surface area contributed by atoms with Crippen LogP contribution in [0.3, 0.4) is 0 Å². The normalized spacial score (nSPS) is 12.4. The highest BCUT2D eigenvalue weighted by molar-refractivity contribution is 6.10. The quantitative estimate of drug-likeness (QED) is 0.431. The maximum absolute atomic E-state index is 12.7. The van der Waals surface area contributed by atoms with Gasteiger partial charge in [-0.05, 0) is 62.2 Å². The Kier molecular flexibility index (Phi) is 4.03. The molecule has 0 saturated carbocycles. The van der Waals surface area contributed by atoms with Gasteiger partial charge in [-0.2, -0.15) is 0 Å². The van der Waals surface area contributed by atoms with Crippen LogP contribution in [0.5, 0.6) is 0 Å². The Morgan fingerprint density at radius 1 is 1.19 bits per heavy atom. The number of hydrogen-bond donors (Lipinski definition) is 1. The van der Waals surface area contributed by atoms with E-state index in [1.165, 1.54) is 0 Å². The van der Waals surface area contributed by atoms with Crippen molar-refractivity contribution in [2.75, 3.05) is 0 Å². The number of aryl methyl sites for hydroxylation is 2. The van der Waals surface area contributed by atoms with E-state index in [0.29, 0.717) is 22.2 Å². The van der Waals surface area contributed by atoms with Gasteiger partial charge in [0.15, 0.2) is 6.10 Å². The minimum absolute atomic E-state index is 0.0789. The van der Waals surface area contributed by atoms with Crippen molar-refractivity contribution in [3.05, 3.63) is 65.2 Å². The molecule has 1 unspecified atom stereocenters. The molecular formula is C21H18N2O4. The van der Waals surface area contributed by atoms with E-state index < -0.39 is 12.1 Å². The molecule has 1 N–H and O–H groups in total. The van der Waals surface area contributed by atoms with Gasteiger partial charge in [-0.25, -0.2) is 9.78 Å². The highest BCUT2D eigenvalue weighted by Crippen LogP contribution is 2.24. The summed E-state index contributed by atoms with van der Waals surface area (Å²) in [6.45, 7) is 5.52. The maximum atomic E-state index is 12.7. The largest absolute Gasteiger partial charge is 0.449 e. The number of benzene rings is 1. The molecule has 4 aromatic rings. The molecular weight excluding hydrogens is 344 g/mol. The summed E-state index contributed by atoms with van der Waals surface area (Å²) in [5.74, 6) is -0.888. The van der Waals surface area contributed by atoms with E-state index in [2.05, 4.69) is 9.97 Å². The molecule has 1 aromatic carbocycles. The van der Waals surface area contributed by atoms with Gasteiger partial charge in [0.1, 0.15) is 11.2 Å². The number of nitrogens with zero attached hydrogens (tertiary/aromatic N) is 1. The van der Waals surface area contributed by atoms with Crippen LogP contribution in [0.4, 0.5) is 0 Å². The molecule has 4 rings (SSSR count). The minimum atomic E-state index is -0.951. The topological polar surface area (TPSA) is 85.2 Å². The van der Waals surface area contributed by atoms with Gasteiger partial charge in [-0.3, -0.25) is 4.79 Å². The number of H-pyrrole nitrogens is 1. The molecule has 0 radical (unpaired) electrons. The number of esters is 1. The van der Waals surface area contributed by atoms with Crippen LogP contribution in [0.2, 0.25) is 0 Å². The maximum Gasteiger partial charge on any atom is 0.374 e. The van der Waals surface area contributed by atoms with Crippen LogP contribution in [0.25, 0.3) is 22.0 Å². The summed E-state index contributed by atoms with van der Waals surface area (Å²) >= 11 is 0. The van der Waals surface area contributed by atoms with Crippen molar-refractivity contribution in [2.24, 2.45) is 0 Å². The zero-order valence-electron chi connectivity index (χ0n) is 15.2. The van der Waals surface area contributed by atoms with Crippen molar-refractivity contribution in [3.63, 3.8) is 0 Å². The third-order valence-corrected chi connectivity index (χ3v) is 4.70. The second-order valence-electron chi connectivity index (χ2n) is 6.60. The van der Waals surface area contributed by atoms with Crippen LogP contribution in [0.1, 0.15) is 39.0 Å². The van der Waals surface area contributed by atoms with Crippen molar-refractivity contribution in [1.82, 2.24) is 9.97 Å². The molecule has 6 nitrogen and oxygen atoms in total. The molecule has 3 heterocycles. The number of carbonyl (C=O) groups excluding carboxylic acids is 2. The van der Waals surface area contributed by atoms with Gasteiger partial charge in [0.25, 0.3) is 0 Å². The Morgan fingerprint density at radius 2 is 1.96 bits per heavy atom. The highest BCUT2D eigenvalue weighted by atomic mass is 16.6. The predicted molar refractivity (Wildman–Crippen MR) is 101 cm³/mol. The minimum Gasteiger partial charge on any atom is -0.449 e. The standard InChI is InChI=1S/C21H18N2O4/c1-11-7-14-9-18(27-17(14)8-12(11)2)21(25)26-13(3)19(24)16-10-23-20-15(16)5-4-6-22-20/h4-10,13H,1-3H3,(H,22,23). The Labute approximate surface area is 155 Å². The first-order valence-corrected chi connectivity index (χ1v) is 8.62. The monoisotopic (exact) mass is 362 g/mol. The molecule has 0 saturated heterocycles. The lowest BCUT2D eigenvalue weighted by molar-refractivity contribution is 0.0292. The van der Waals surface area contributed by atoms with E-state index in [1.54, 1.807) is 37.5 Å². The molecule has 6 heteroatoms. The van der Waals surface area contributed by atoms with Gasteiger partial charge >= 0.3 is 5.97 Å². The first-order chi connectivity index (χ1) is 12.9. The lowest BCUT2D eigenvalue weighted by Crippen LogP contribution is -2.24. The Hall–Kier alpha value is -3.41. The first-order valence-electron chi connectivity index (χ1n) is 8.62. The Morgan fingerprint density at radius 3 is 2.78 bits per heavy atom. The molecule has 0 aliphatic heterocycles. The molecule has 136 valence electrons. The third-order valence-electron chi connectivity index (χ3n) is 4.70. The number of aromatic amines is 1. The van der Waals surface area contributed by atoms with Crippen LogP contribution in [-0.2, 0) is 4.74 Å². The van der Waals surface area contributed by atoms with E-state index >= 15 is 0 Å². The van der Waals surface area contributed by atoms with E-state index in [4.69, 9.17) is 9.15 Å². The molecule has 1 atom stereocenters. The van der Waals surface area contributed by atoms with Gasteiger partial charge in [-0.15, -0.1) is 0 Å². The van der Waals surface area contributed by atoms with Crippen LogP contribution in [0.15, 0.2) is 47.1 Å². The van der Waals surface area contributed by atoms with E-state index in [1.807, 2.05) is 26.0 Å². The molecule has 3 aromatic heterocycles. The van der Waals surface area contributed by atoms with E-state index in [-0.39, 0.29) is 11.5 Å². The van der Waals surface area contributed by atoms with Crippen molar-refractivity contribution >= 4 is 33.8 Å². The Balaban J connectivity index is 1.56. The molecule has 0 fully saturated rings. The van der Waals surface area contributed by atoms with Crippen molar-refractivity contribution in [1.29, 1.82) is 0 Å². The summed E-state index contributed by atoms with van der Waals surface area (Å²) in [6.07, 6.45) is 2.27. The van der Waals surface area contributed by atoms with Gasteiger partial charge in [0, 0.05) is 28.7 Å². The second-order valence-corrected chi connectivity index (χ2v) is 6.60. The van der Waals surface area contributed by atoms with E-state index in [0.717, 1.165) is 16.5 Å². The lowest BCUT2D eigenvalue weighted by atomic mass is 10.1. The number of carbonyl (C=O) groups is 2. The summed E-state index contributed by atoms with van der Waals surface area (Å²) in [5.41, 5.74) is 3.86. The van der Waals surface area contributed by atoms with Crippen molar-refractivity contribution in [2.45, 2.75) is 26.9 Å². The summed E-state index contributed by atoms with van der Waals surface area (Å²) in [7, 11) is 0. The number of aromatic nitrogens is 2. The van der Waals surface area contributed by atoms with Gasteiger partial charge in [-0.1, -0.05) is 0 Å². The van der Waals surface area contributed by atoms with Crippen molar-refractivity contribution in [3.8, 4) is 0 Å². The van der Waals surface area contributed by atoms with Crippen LogP contribution in [-0.4, -0.2) is 27.8 Å². The number of Topliss-reactive ketones (excluding diaryl/α,β-unsaturated/α-hetero) is 1. The Bertz CT molecular complexity index is 1150. The highest BCUT2D eigenvalue weighted by Gasteiger charge is 2.24. The van der Waals surface area contributed by atoms with Crippen molar-refractivity contribution < 1.29 is 18.7 Å². The first kappa shape index (κ1) is 17.0. The van der Waals surface area contributed by atoms with Crippen LogP contribution < -0.4 is 0 Å². The second kappa shape index (κ2) is 6.39. The van der Waals surface area contributed by atoms with Gasteiger partial charge in [0.2, 0.25) is 11.5 Å². The summed E-state index contributed by atoms with van der Waals surface area (Å²) < 4.78 is 10.9. The molecule has 0 bridgehead atoms. The van der Waals surface area contributed by atoms with Crippen LogP contribution in [0, 0.1) is 13.8 Å². The SMILES string of the molecule is Cc1cc2cc(C(=O)OC(C)C(=O)c3c[nH]c4ncccc34)oc2cc1C. The average Bonchev–Trinajstić information content (AvgIpc) is 3.25. The van der Waals surface area contributed by atoms with E-state index in [9.17, 15) is 9.59 Å². The van der Waals surface area contributed by atoms with Gasteiger partial charge in [0.05, 0.1) is 0 Å². The number of hydrogen-bond acceptors (Lipinski definition) is 5. The zero-order chi connectivity index (χ0) is 19.1. The predicted octanol–water partition coefficient (Wildman–Crippen LogP) is 4.35. The summed E-state index contributed by atoms with van der Waals surface area (Å²) in [5, 5.41) is 1.52. The fraction of sp³-hybridized carbons (Fsp3) is 0.190. The fourth-order valence-electron chi connectivity index (χ4n) is 3.05. The van der Waals surface area contributed by atoms with Gasteiger partial charge < -0.3 is 14.1 Å². The molecule has 0 aliphatic rings. The number of furan rings is 1. The number of pyridine rings is 1. The number of ketones is 1. The average molecular weight is 362 g/mol. The molecule has 0 amide bonds. The number of fused-ring (bicyclic) bond motifs is 2. The van der Waals surface area contributed by atoms with Crippen LogP contribution >= 0.6 is 0 Å². The number of rotatable bonds is 4. The fourth-order valence-corrected chi connectivity index (χ4v) is 3.05.